The van der Waals surface area contributed by atoms with Gasteiger partial charge in [0.2, 0.25) is 5.90 Å². The Labute approximate surface area is 216 Å². The van der Waals surface area contributed by atoms with Gasteiger partial charge in [0.1, 0.15) is 5.75 Å². The third-order valence-electron chi connectivity index (χ3n) is 6.86. The van der Waals surface area contributed by atoms with E-state index in [4.69, 9.17) is 25.0 Å². The second-order valence-corrected chi connectivity index (χ2v) is 10.0. The highest BCUT2D eigenvalue weighted by Crippen LogP contribution is 2.44. The van der Waals surface area contributed by atoms with Gasteiger partial charge in [-0.25, -0.2) is 4.79 Å². The van der Waals surface area contributed by atoms with E-state index in [1.54, 1.807) is 13.8 Å². The Morgan fingerprint density at radius 1 is 1.08 bits per heavy atom. The van der Waals surface area contributed by atoms with Crippen LogP contribution in [0.1, 0.15) is 64.5 Å². The lowest BCUT2D eigenvalue weighted by Crippen LogP contribution is -2.19. The summed E-state index contributed by atoms with van der Waals surface area (Å²) in [6.07, 6.45) is 4.45. The van der Waals surface area contributed by atoms with Gasteiger partial charge < -0.3 is 18.8 Å². The summed E-state index contributed by atoms with van der Waals surface area (Å²) in [5.41, 5.74) is 4.09. The van der Waals surface area contributed by atoms with Gasteiger partial charge in [-0.3, -0.25) is 16.1 Å². The molecule has 2 fully saturated rings. The number of anilines is 1. The molecule has 3 aromatic rings. The average molecular weight is 503 g/mol. The fourth-order valence-corrected chi connectivity index (χ4v) is 4.75. The van der Waals surface area contributed by atoms with Crippen molar-refractivity contribution in [2.45, 2.75) is 65.0 Å². The lowest BCUT2D eigenvalue weighted by Gasteiger charge is -2.30. The lowest BCUT2D eigenvalue weighted by molar-refractivity contribution is 0.130. The molecule has 2 saturated carbocycles. The molecule has 1 heterocycles. The topological polar surface area (TPSA) is 109 Å². The normalized spacial score (nSPS) is 15.4. The first-order chi connectivity index (χ1) is 17.9. The van der Waals surface area contributed by atoms with Crippen molar-refractivity contribution in [3.63, 3.8) is 0 Å². The first-order valence-electron chi connectivity index (χ1n) is 13.1. The minimum atomic E-state index is -0.496. The molecule has 0 bridgehead atoms. The summed E-state index contributed by atoms with van der Waals surface area (Å²) in [5.74, 6) is 1.05. The molecule has 37 heavy (non-hydrogen) atoms. The number of nitrogens with one attached hydrogen (secondary N) is 3. The minimum absolute atomic E-state index is 0.0122. The third kappa shape index (κ3) is 5.19. The van der Waals surface area contributed by atoms with Crippen molar-refractivity contribution in [2.75, 3.05) is 11.9 Å². The minimum Gasteiger partial charge on any atom is -0.494 e. The van der Waals surface area contributed by atoms with Crippen molar-refractivity contribution in [1.82, 2.24) is 4.57 Å². The Hall–Kier alpha value is -3.81. The number of fused-ring (bicyclic) bond motifs is 1. The van der Waals surface area contributed by atoms with Crippen molar-refractivity contribution in [3.8, 4) is 17.0 Å². The fraction of sp³-hybridized carbons (Fsp3) is 0.414. The second kappa shape index (κ2) is 10.3. The van der Waals surface area contributed by atoms with Crippen LogP contribution in [0.5, 0.6) is 5.75 Å². The first kappa shape index (κ1) is 24.9. The number of rotatable bonds is 8. The number of aromatic nitrogens is 1. The molecular formula is C29H34N4O4. The van der Waals surface area contributed by atoms with Crippen LogP contribution in [0, 0.1) is 16.7 Å². The Morgan fingerprint density at radius 2 is 1.81 bits per heavy atom. The maximum atomic E-state index is 12.1. The molecule has 8 heteroatoms. The molecule has 194 valence electrons. The Kier molecular flexibility index (Phi) is 6.91. The van der Waals surface area contributed by atoms with Crippen LogP contribution in [-0.4, -0.2) is 35.2 Å². The van der Waals surface area contributed by atoms with E-state index >= 15 is 0 Å². The predicted octanol–water partition coefficient (Wildman–Crippen LogP) is 7.12. The van der Waals surface area contributed by atoms with Crippen LogP contribution in [0.3, 0.4) is 0 Å². The van der Waals surface area contributed by atoms with E-state index in [9.17, 15) is 4.79 Å². The van der Waals surface area contributed by atoms with Crippen LogP contribution in [0.2, 0.25) is 0 Å². The zero-order chi connectivity index (χ0) is 26.1. The van der Waals surface area contributed by atoms with E-state index in [1.807, 2.05) is 49.4 Å². The zero-order valence-electron chi connectivity index (χ0n) is 21.6. The molecule has 0 saturated heterocycles. The van der Waals surface area contributed by atoms with Crippen molar-refractivity contribution in [2.24, 2.45) is 5.92 Å². The molecule has 8 nitrogen and oxygen atoms in total. The summed E-state index contributed by atoms with van der Waals surface area (Å²) >= 11 is 0. The van der Waals surface area contributed by atoms with Crippen molar-refractivity contribution in [3.05, 3.63) is 48.0 Å². The molecule has 2 aromatic carbocycles. The Bertz CT molecular complexity index is 1330. The summed E-state index contributed by atoms with van der Waals surface area (Å²) in [6.45, 7) is 6.15. The fourth-order valence-electron chi connectivity index (χ4n) is 4.75. The molecule has 1 amide bonds. The lowest BCUT2D eigenvalue weighted by atomic mass is 9.92. The van der Waals surface area contributed by atoms with Crippen LogP contribution in [0.4, 0.5) is 10.5 Å². The maximum Gasteiger partial charge on any atom is 0.411 e. The standard InChI is InChI=1S/C29H34N4O4/c1-4-35-22-14-15-23-24(16-22)33(21-6-5-7-21)26(25(23)28(31)37-27(30)19-8-9-19)18-10-12-20(13-11-18)32-29(34)36-17(2)3/h10-17,19,21,30-31H,4-9H2,1-3H3,(H,32,34). The monoisotopic (exact) mass is 502 g/mol. The first-order valence-corrected chi connectivity index (χ1v) is 13.1. The van der Waals surface area contributed by atoms with Crippen LogP contribution in [-0.2, 0) is 9.47 Å². The number of hydrogen-bond donors (Lipinski definition) is 3. The van der Waals surface area contributed by atoms with Gasteiger partial charge >= 0.3 is 6.09 Å². The maximum absolute atomic E-state index is 12.1. The number of carbonyl (C=O) groups is 1. The van der Waals surface area contributed by atoms with E-state index in [0.717, 1.165) is 60.0 Å². The highest BCUT2D eigenvalue weighted by molar-refractivity contribution is 6.14. The molecule has 0 radical (unpaired) electrons. The van der Waals surface area contributed by atoms with Crippen molar-refractivity contribution < 1.29 is 19.0 Å². The summed E-state index contributed by atoms with van der Waals surface area (Å²) in [4.78, 5) is 12.1. The predicted molar refractivity (Wildman–Crippen MR) is 145 cm³/mol. The summed E-state index contributed by atoms with van der Waals surface area (Å²) in [5, 5.41) is 20.9. The number of ether oxygens (including phenoxy) is 3. The number of carbonyl (C=O) groups excluding carboxylic acids is 1. The van der Waals surface area contributed by atoms with Crippen LogP contribution in [0.25, 0.3) is 22.2 Å². The van der Waals surface area contributed by atoms with Gasteiger partial charge in [0.25, 0.3) is 0 Å². The molecule has 5 rings (SSSR count). The molecule has 2 aliphatic rings. The van der Waals surface area contributed by atoms with Crippen molar-refractivity contribution in [1.29, 1.82) is 10.8 Å². The van der Waals surface area contributed by atoms with E-state index in [1.165, 1.54) is 0 Å². The van der Waals surface area contributed by atoms with E-state index < -0.39 is 6.09 Å². The van der Waals surface area contributed by atoms with E-state index in [-0.39, 0.29) is 23.8 Å². The summed E-state index contributed by atoms with van der Waals surface area (Å²) < 4.78 is 19.1. The molecule has 0 spiro atoms. The van der Waals surface area contributed by atoms with Gasteiger partial charge in [0.05, 0.1) is 29.5 Å². The van der Waals surface area contributed by atoms with Gasteiger partial charge in [-0.1, -0.05) is 12.1 Å². The number of hydrogen-bond acceptors (Lipinski definition) is 6. The van der Waals surface area contributed by atoms with Crippen LogP contribution < -0.4 is 10.1 Å². The molecule has 2 aliphatic carbocycles. The van der Waals surface area contributed by atoms with Gasteiger partial charge in [0, 0.05) is 29.1 Å². The largest absolute Gasteiger partial charge is 0.494 e. The molecule has 0 unspecified atom stereocenters. The second-order valence-electron chi connectivity index (χ2n) is 10.0. The Balaban J connectivity index is 1.60. The van der Waals surface area contributed by atoms with Crippen LogP contribution in [0.15, 0.2) is 42.5 Å². The smallest absolute Gasteiger partial charge is 0.411 e. The molecule has 3 N–H and O–H groups in total. The summed E-state index contributed by atoms with van der Waals surface area (Å²) in [6, 6.07) is 13.8. The van der Waals surface area contributed by atoms with Gasteiger partial charge in [-0.15, -0.1) is 0 Å². The number of amides is 1. The SMILES string of the molecule is CCOc1ccc2c(C(=N)OC(=N)C3CC3)c(-c3ccc(NC(=O)OC(C)C)cc3)n(C3CCC3)c2c1. The zero-order valence-corrected chi connectivity index (χ0v) is 21.6. The molecule has 1 aromatic heterocycles. The molecular weight excluding hydrogens is 468 g/mol. The van der Waals surface area contributed by atoms with Gasteiger partial charge in [0.15, 0.2) is 5.90 Å². The Morgan fingerprint density at radius 3 is 2.41 bits per heavy atom. The highest BCUT2D eigenvalue weighted by Gasteiger charge is 2.33. The summed E-state index contributed by atoms with van der Waals surface area (Å²) in [7, 11) is 0. The number of benzene rings is 2. The average Bonchev–Trinajstić information content (AvgIpc) is 3.62. The van der Waals surface area contributed by atoms with Gasteiger partial charge in [-0.2, -0.15) is 0 Å². The van der Waals surface area contributed by atoms with E-state index in [0.29, 0.717) is 23.9 Å². The third-order valence-corrected chi connectivity index (χ3v) is 6.86. The van der Waals surface area contributed by atoms with Crippen molar-refractivity contribution >= 4 is 34.5 Å². The number of nitrogens with zero attached hydrogens (tertiary/aromatic N) is 1. The quantitative estimate of drug-likeness (QED) is 0.225. The molecule has 0 atom stereocenters. The molecule has 0 aliphatic heterocycles. The van der Waals surface area contributed by atoms with Gasteiger partial charge in [-0.05, 0) is 82.7 Å². The highest BCUT2D eigenvalue weighted by atomic mass is 16.6. The van der Waals surface area contributed by atoms with Crippen LogP contribution >= 0.6 is 0 Å². The van der Waals surface area contributed by atoms with E-state index in [2.05, 4.69) is 9.88 Å².